The topological polar surface area (TPSA) is 67.9 Å². The van der Waals surface area contributed by atoms with Crippen LogP contribution in [-0.4, -0.2) is 42.5 Å². The van der Waals surface area contributed by atoms with Crippen molar-refractivity contribution in [3.8, 4) is 11.5 Å². The lowest BCUT2D eigenvalue weighted by Crippen LogP contribution is -2.50. The first-order chi connectivity index (χ1) is 14.7. The fraction of sp³-hybridized carbons (Fsp3) is 0.440. The van der Waals surface area contributed by atoms with Gasteiger partial charge in [0, 0.05) is 12.6 Å². The molecule has 2 aromatic rings. The van der Waals surface area contributed by atoms with Crippen LogP contribution >= 0.6 is 0 Å². The van der Waals surface area contributed by atoms with Gasteiger partial charge in [0.1, 0.15) is 17.5 Å². The van der Waals surface area contributed by atoms with Crippen LogP contribution in [0.4, 0.5) is 0 Å². The van der Waals surface area contributed by atoms with Crippen molar-refractivity contribution < 1.29 is 19.1 Å². The van der Waals surface area contributed by atoms with Crippen molar-refractivity contribution in [1.29, 1.82) is 0 Å². The first-order valence-electron chi connectivity index (χ1n) is 10.7. The molecule has 0 aliphatic heterocycles. The largest absolute Gasteiger partial charge is 0.497 e. The van der Waals surface area contributed by atoms with Crippen molar-refractivity contribution in [2.45, 2.75) is 59.2 Å². The summed E-state index contributed by atoms with van der Waals surface area (Å²) in [5.41, 5.74) is 2.08. The van der Waals surface area contributed by atoms with Crippen LogP contribution in [0.15, 0.2) is 48.5 Å². The van der Waals surface area contributed by atoms with E-state index in [0.29, 0.717) is 17.4 Å². The van der Waals surface area contributed by atoms with Crippen molar-refractivity contribution in [3.05, 3.63) is 59.7 Å². The number of hydrogen-bond acceptors (Lipinski definition) is 4. The molecule has 0 aliphatic carbocycles. The molecule has 2 rings (SSSR count). The Balaban J connectivity index is 2.15. The Morgan fingerprint density at radius 3 is 2.23 bits per heavy atom. The van der Waals surface area contributed by atoms with Gasteiger partial charge in [0.25, 0.3) is 5.91 Å². The van der Waals surface area contributed by atoms with Crippen LogP contribution in [-0.2, 0) is 16.1 Å². The Bertz CT molecular complexity index is 862. The van der Waals surface area contributed by atoms with E-state index in [2.05, 4.69) is 19.2 Å². The molecular formula is C25H34N2O4. The zero-order valence-corrected chi connectivity index (χ0v) is 19.3. The van der Waals surface area contributed by atoms with Gasteiger partial charge >= 0.3 is 0 Å². The van der Waals surface area contributed by atoms with Crippen LogP contribution in [0.1, 0.15) is 51.7 Å². The number of hydrogen-bond donors (Lipinski definition) is 1. The van der Waals surface area contributed by atoms with Crippen LogP contribution in [0, 0.1) is 0 Å². The molecule has 0 saturated carbocycles. The van der Waals surface area contributed by atoms with Crippen molar-refractivity contribution in [2.24, 2.45) is 0 Å². The highest BCUT2D eigenvalue weighted by Gasteiger charge is 2.27. The van der Waals surface area contributed by atoms with Gasteiger partial charge in [0.05, 0.1) is 7.11 Å². The number of benzene rings is 2. The molecular weight excluding hydrogens is 392 g/mol. The van der Waals surface area contributed by atoms with E-state index in [-0.39, 0.29) is 31.0 Å². The van der Waals surface area contributed by atoms with Gasteiger partial charge in [-0.05, 0) is 62.1 Å². The smallest absolute Gasteiger partial charge is 0.261 e. The van der Waals surface area contributed by atoms with Gasteiger partial charge in [-0.3, -0.25) is 9.59 Å². The Morgan fingerprint density at radius 2 is 1.65 bits per heavy atom. The lowest BCUT2D eigenvalue weighted by molar-refractivity contribution is -0.142. The molecule has 2 amide bonds. The van der Waals surface area contributed by atoms with Gasteiger partial charge in [-0.15, -0.1) is 0 Å². The summed E-state index contributed by atoms with van der Waals surface area (Å²) in [7, 11) is 1.60. The Labute approximate surface area is 185 Å². The molecule has 31 heavy (non-hydrogen) atoms. The van der Waals surface area contributed by atoms with Crippen molar-refractivity contribution in [1.82, 2.24) is 10.2 Å². The van der Waals surface area contributed by atoms with Gasteiger partial charge in [0.15, 0.2) is 6.61 Å². The Hall–Kier alpha value is -3.02. The lowest BCUT2D eigenvalue weighted by atomic mass is 10.0. The van der Waals surface area contributed by atoms with Gasteiger partial charge in [0.2, 0.25) is 5.91 Å². The zero-order valence-electron chi connectivity index (χ0n) is 19.3. The maximum absolute atomic E-state index is 13.1. The fourth-order valence-corrected chi connectivity index (χ4v) is 3.13. The number of nitrogens with zero attached hydrogens (tertiary/aromatic N) is 1. The van der Waals surface area contributed by atoms with E-state index in [1.807, 2.05) is 62.4 Å². The molecule has 0 radical (unpaired) electrons. The summed E-state index contributed by atoms with van der Waals surface area (Å²) in [6.45, 7) is 9.89. The number of amides is 2. The van der Waals surface area contributed by atoms with E-state index in [0.717, 1.165) is 5.56 Å². The molecule has 168 valence electrons. The minimum atomic E-state index is -0.645. The average molecular weight is 427 g/mol. The molecule has 1 unspecified atom stereocenters. The van der Waals surface area contributed by atoms with Crippen molar-refractivity contribution in [3.63, 3.8) is 0 Å². The molecule has 0 saturated heterocycles. The average Bonchev–Trinajstić information content (AvgIpc) is 2.75. The minimum absolute atomic E-state index is 0.0144. The van der Waals surface area contributed by atoms with Crippen LogP contribution in [0.25, 0.3) is 0 Å². The van der Waals surface area contributed by atoms with E-state index in [1.165, 1.54) is 10.5 Å². The highest BCUT2D eigenvalue weighted by Crippen LogP contribution is 2.20. The monoisotopic (exact) mass is 426 g/mol. The third-order valence-corrected chi connectivity index (χ3v) is 4.99. The lowest BCUT2D eigenvalue weighted by Gasteiger charge is -2.29. The highest BCUT2D eigenvalue weighted by molar-refractivity contribution is 5.88. The molecule has 6 heteroatoms. The first-order valence-corrected chi connectivity index (χ1v) is 10.7. The van der Waals surface area contributed by atoms with Gasteiger partial charge in [-0.1, -0.05) is 38.1 Å². The Kier molecular flexibility index (Phi) is 8.91. The van der Waals surface area contributed by atoms with E-state index in [4.69, 9.17) is 9.47 Å². The summed E-state index contributed by atoms with van der Waals surface area (Å²) in [4.78, 5) is 27.2. The summed E-state index contributed by atoms with van der Waals surface area (Å²) in [6, 6.07) is 14.5. The summed E-state index contributed by atoms with van der Waals surface area (Å²) >= 11 is 0. The van der Waals surface area contributed by atoms with Crippen molar-refractivity contribution >= 4 is 11.8 Å². The molecule has 0 aromatic heterocycles. The van der Waals surface area contributed by atoms with Crippen LogP contribution < -0.4 is 14.8 Å². The standard InChI is InChI=1S/C25H34N2O4/c1-17(2)21-10-12-22(13-11-21)31-16-24(28)27(19(5)25(29)26-18(3)4)15-20-8-7-9-23(14-20)30-6/h7-14,17-19H,15-16H2,1-6H3,(H,26,29). The number of methoxy groups -OCH3 is 1. The molecule has 0 aliphatic rings. The Morgan fingerprint density at radius 1 is 0.968 bits per heavy atom. The third kappa shape index (κ3) is 7.31. The molecule has 6 nitrogen and oxygen atoms in total. The SMILES string of the molecule is COc1cccc(CN(C(=O)COc2ccc(C(C)C)cc2)C(C)C(=O)NC(C)C)c1. The molecule has 1 atom stereocenters. The number of ether oxygens (including phenoxy) is 2. The van der Waals surface area contributed by atoms with Gasteiger partial charge in [-0.25, -0.2) is 0 Å². The summed E-state index contributed by atoms with van der Waals surface area (Å²) in [5.74, 6) is 1.29. The summed E-state index contributed by atoms with van der Waals surface area (Å²) in [6.07, 6.45) is 0. The number of rotatable bonds is 10. The zero-order chi connectivity index (χ0) is 23.0. The van der Waals surface area contributed by atoms with Crippen LogP contribution in [0.2, 0.25) is 0 Å². The predicted octanol–water partition coefficient (Wildman–Crippen LogP) is 4.14. The van der Waals surface area contributed by atoms with Crippen LogP contribution in [0.5, 0.6) is 11.5 Å². The van der Waals surface area contributed by atoms with E-state index in [9.17, 15) is 9.59 Å². The maximum Gasteiger partial charge on any atom is 0.261 e. The number of carbonyl (C=O) groups excluding carboxylic acids is 2. The second-order valence-electron chi connectivity index (χ2n) is 8.22. The summed E-state index contributed by atoms with van der Waals surface area (Å²) < 4.78 is 11.0. The molecule has 2 aromatic carbocycles. The fourth-order valence-electron chi connectivity index (χ4n) is 3.13. The van der Waals surface area contributed by atoms with Crippen LogP contribution in [0.3, 0.4) is 0 Å². The van der Waals surface area contributed by atoms with E-state index in [1.54, 1.807) is 14.0 Å². The first kappa shape index (κ1) is 24.3. The molecule has 1 N–H and O–H groups in total. The number of nitrogens with one attached hydrogen (secondary N) is 1. The molecule has 0 heterocycles. The molecule has 0 fully saturated rings. The minimum Gasteiger partial charge on any atom is -0.497 e. The number of carbonyl (C=O) groups is 2. The second kappa shape index (κ2) is 11.4. The summed E-state index contributed by atoms with van der Waals surface area (Å²) in [5, 5.41) is 2.88. The van der Waals surface area contributed by atoms with E-state index < -0.39 is 6.04 Å². The van der Waals surface area contributed by atoms with Crippen molar-refractivity contribution in [2.75, 3.05) is 13.7 Å². The predicted molar refractivity (Wildman–Crippen MR) is 122 cm³/mol. The van der Waals surface area contributed by atoms with Gasteiger partial charge in [-0.2, -0.15) is 0 Å². The normalized spacial score (nSPS) is 11.9. The molecule has 0 bridgehead atoms. The highest BCUT2D eigenvalue weighted by atomic mass is 16.5. The van der Waals surface area contributed by atoms with E-state index >= 15 is 0 Å². The quantitative estimate of drug-likeness (QED) is 0.620. The molecule has 0 spiro atoms. The third-order valence-electron chi connectivity index (χ3n) is 4.99. The maximum atomic E-state index is 13.1. The van der Waals surface area contributed by atoms with Gasteiger partial charge < -0.3 is 19.7 Å². The second-order valence-corrected chi connectivity index (χ2v) is 8.22.